The van der Waals surface area contributed by atoms with Gasteiger partial charge in [0.25, 0.3) is 5.91 Å². The molecule has 0 spiro atoms. The average Bonchev–Trinajstić information content (AvgIpc) is 2.84. The number of fused-ring (bicyclic) bond motifs is 1. The van der Waals surface area contributed by atoms with E-state index in [0.29, 0.717) is 33.6 Å². The first-order chi connectivity index (χ1) is 16.4. The van der Waals surface area contributed by atoms with E-state index in [9.17, 15) is 14.4 Å². The van der Waals surface area contributed by atoms with Gasteiger partial charge in [0.1, 0.15) is 17.5 Å². The highest BCUT2D eigenvalue weighted by atomic mass is 35.5. The second-order valence-electron chi connectivity index (χ2n) is 7.51. The van der Waals surface area contributed by atoms with Crippen molar-refractivity contribution in [3.63, 3.8) is 0 Å². The van der Waals surface area contributed by atoms with Gasteiger partial charge in [0, 0.05) is 10.7 Å². The molecule has 0 saturated heterocycles. The van der Waals surface area contributed by atoms with E-state index in [1.165, 1.54) is 4.90 Å². The van der Waals surface area contributed by atoms with E-state index in [2.05, 4.69) is 10.6 Å². The highest BCUT2D eigenvalue weighted by Crippen LogP contribution is 2.33. The molecule has 34 heavy (non-hydrogen) atoms. The summed E-state index contributed by atoms with van der Waals surface area (Å²) < 4.78 is 10.7. The van der Waals surface area contributed by atoms with Crippen molar-refractivity contribution in [3.8, 4) is 11.5 Å². The molecule has 0 radical (unpaired) electrons. The minimum absolute atomic E-state index is 0.237. The number of anilines is 3. The number of rotatable bonds is 7. The molecule has 8 nitrogen and oxygen atoms in total. The van der Waals surface area contributed by atoms with Crippen molar-refractivity contribution in [2.45, 2.75) is 12.5 Å². The Bertz CT molecular complexity index is 1200. The number of halogens is 1. The molecule has 0 aliphatic carbocycles. The number of nitrogens with zero attached hydrogens (tertiary/aromatic N) is 1. The van der Waals surface area contributed by atoms with Gasteiger partial charge in [-0.1, -0.05) is 23.7 Å². The van der Waals surface area contributed by atoms with E-state index in [4.69, 9.17) is 21.1 Å². The SMILES string of the molecule is COc1ccc(NC(=O)C[C@H]2C(=O)Nc3ccccc3N2C(=O)COc2ccc(Cl)cc2)cc1. The van der Waals surface area contributed by atoms with Crippen LogP contribution in [-0.2, 0) is 14.4 Å². The fourth-order valence-electron chi connectivity index (χ4n) is 3.59. The fourth-order valence-corrected chi connectivity index (χ4v) is 3.72. The molecule has 1 atom stereocenters. The number of carbonyl (C=O) groups excluding carboxylic acids is 3. The van der Waals surface area contributed by atoms with Crippen LogP contribution in [0.25, 0.3) is 0 Å². The summed E-state index contributed by atoms with van der Waals surface area (Å²) in [6.07, 6.45) is -0.237. The van der Waals surface area contributed by atoms with Crippen LogP contribution in [-0.4, -0.2) is 37.5 Å². The quantitative estimate of drug-likeness (QED) is 0.531. The Morgan fingerprint density at radius 3 is 2.38 bits per heavy atom. The summed E-state index contributed by atoms with van der Waals surface area (Å²) in [6, 6.07) is 19.3. The smallest absolute Gasteiger partial charge is 0.265 e. The van der Waals surface area contributed by atoms with E-state index >= 15 is 0 Å². The lowest BCUT2D eigenvalue weighted by Gasteiger charge is -2.36. The standard InChI is InChI=1S/C25H22ClN3O5/c1-33-18-12-8-17(9-13-18)27-23(30)14-22-25(32)28-20-4-2-3-5-21(20)29(22)24(31)15-34-19-10-6-16(26)7-11-19/h2-13,22H,14-15H2,1H3,(H,27,30)(H,28,32)/t22-/m0/s1. The molecule has 174 valence electrons. The number of para-hydroxylation sites is 2. The van der Waals surface area contributed by atoms with Crippen molar-refractivity contribution >= 4 is 46.4 Å². The van der Waals surface area contributed by atoms with E-state index in [1.807, 2.05) is 0 Å². The van der Waals surface area contributed by atoms with E-state index in [-0.39, 0.29) is 13.0 Å². The highest BCUT2D eigenvalue weighted by molar-refractivity contribution is 6.30. The van der Waals surface area contributed by atoms with Gasteiger partial charge in [0.2, 0.25) is 11.8 Å². The molecule has 1 aliphatic heterocycles. The molecule has 3 aromatic carbocycles. The molecule has 0 bridgehead atoms. The van der Waals surface area contributed by atoms with Crippen LogP contribution in [0.3, 0.4) is 0 Å². The minimum Gasteiger partial charge on any atom is -0.497 e. The van der Waals surface area contributed by atoms with Crippen LogP contribution in [0.4, 0.5) is 17.1 Å². The molecule has 2 N–H and O–H groups in total. The normalized spacial score (nSPS) is 14.6. The van der Waals surface area contributed by atoms with Crippen LogP contribution in [0.1, 0.15) is 6.42 Å². The van der Waals surface area contributed by atoms with Gasteiger partial charge in [-0.15, -0.1) is 0 Å². The maximum atomic E-state index is 13.2. The van der Waals surface area contributed by atoms with Crippen molar-refractivity contribution in [2.75, 3.05) is 29.3 Å². The predicted molar refractivity (Wildman–Crippen MR) is 130 cm³/mol. The molecular formula is C25H22ClN3O5. The Hall–Kier alpha value is -4.04. The summed E-state index contributed by atoms with van der Waals surface area (Å²) >= 11 is 5.89. The van der Waals surface area contributed by atoms with Crippen molar-refractivity contribution in [2.24, 2.45) is 0 Å². The van der Waals surface area contributed by atoms with Gasteiger partial charge >= 0.3 is 0 Å². The lowest BCUT2D eigenvalue weighted by atomic mass is 10.0. The average molecular weight is 480 g/mol. The molecule has 0 fully saturated rings. The van der Waals surface area contributed by atoms with Crippen molar-refractivity contribution in [1.82, 2.24) is 0 Å². The largest absolute Gasteiger partial charge is 0.497 e. The summed E-state index contributed by atoms with van der Waals surface area (Å²) in [7, 11) is 1.55. The van der Waals surface area contributed by atoms with Crippen molar-refractivity contribution in [3.05, 3.63) is 77.8 Å². The van der Waals surface area contributed by atoms with Crippen LogP contribution in [0.2, 0.25) is 5.02 Å². The number of ether oxygens (including phenoxy) is 2. The maximum Gasteiger partial charge on any atom is 0.265 e. The number of methoxy groups -OCH3 is 1. The fraction of sp³-hybridized carbons (Fsp3) is 0.160. The highest BCUT2D eigenvalue weighted by Gasteiger charge is 2.38. The Labute approximate surface area is 201 Å². The van der Waals surface area contributed by atoms with E-state index < -0.39 is 23.8 Å². The Morgan fingerprint density at radius 2 is 1.68 bits per heavy atom. The molecular weight excluding hydrogens is 458 g/mol. The topological polar surface area (TPSA) is 97.0 Å². The van der Waals surface area contributed by atoms with E-state index in [1.54, 1.807) is 79.9 Å². The molecule has 0 aromatic heterocycles. The molecule has 0 saturated carbocycles. The van der Waals surface area contributed by atoms with Gasteiger partial charge in [0.05, 0.1) is 24.9 Å². The zero-order valence-corrected chi connectivity index (χ0v) is 19.0. The molecule has 4 rings (SSSR count). The Morgan fingerprint density at radius 1 is 1.00 bits per heavy atom. The Kier molecular flexibility index (Phi) is 6.98. The summed E-state index contributed by atoms with van der Waals surface area (Å²) in [5.74, 6) is -0.218. The van der Waals surface area contributed by atoms with Gasteiger partial charge in [-0.2, -0.15) is 0 Å². The summed E-state index contributed by atoms with van der Waals surface area (Å²) in [5, 5.41) is 6.07. The summed E-state index contributed by atoms with van der Waals surface area (Å²) in [4.78, 5) is 40.2. The van der Waals surface area contributed by atoms with Crippen molar-refractivity contribution in [1.29, 1.82) is 0 Å². The van der Waals surface area contributed by atoms with Gasteiger partial charge in [0.15, 0.2) is 6.61 Å². The van der Waals surface area contributed by atoms with Gasteiger partial charge < -0.3 is 20.1 Å². The monoisotopic (exact) mass is 479 g/mol. The third-order valence-corrected chi connectivity index (χ3v) is 5.48. The minimum atomic E-state index is -1.05. The van der Waals surface area contributed by atoms with E-state index in [0.717, 1.165) is 0 Å². The first-order valence-corrected chi connectivity index (χ1v) is 10.9. The summed E-state index contributed by atoms with van der Waals surface area (Å²) in [5.41, 5.74) is 1.53. The zero-order valence-electron chi connectivity index (χ0n) is 18.3. The Balaban J connectivity index is 1.52. The van der Waals surface area contributed by atoms with Crippen LogP contribution in [0.15, 0.2) is 72.8 Å². The van der Waals surface area contributed by atoms with Gasteiger partial charge in [-0.25, -0.2) is 0 Å². The maximum absolute atomic E-state index is 13.2. The number of nitrogens with one attached hydrogen (secondary N) is 2. The number of amides is 3. The third kappa shape index (κ3) is 5.29. The van der Waals surface area contributed by atoms with Crippen molar-refractivity contribution < 1.29 is 23.9 Å². The van der Waals surface area contributed by atoms with Gasteiger partial charge in [-0.05, 0) is 60.7 Å². The zero-order chi connectivity index (χ0) is 24.1. The first-order valence-electron chi connectivity index (χ1n) is 10.5. The molecule has 3 aromatic rings. The lowest BCUT2D eigenvalue weighted by molar-refractivity contribution is -0.127. The molecule has 0 unspecified atom stereocenters. The lowest BCUT2D eigenvalue weighted by Crippen LogP contribution is -2.53. The molecule has 3 amide bonds. The molecule has 9 heteroatoms. The van der Waals surface area contributed by atoms with Crippen LogP contribution >= 0.6 is 11.6 Å². The second-order valence-corrected chi connectivity index (χ2v) is 7.95. The van der Waals surface area contributed by atoms with Crippen LogP contribution in [0, 0.1) is 0 Å². The number of benzene rings is 3. The number of carbonyl (C=O) groups is 3. The number of hydrogen-bond donors (Lipinski definition) is 2. The number of hydrogen-bond acceptors (Lipinski definition) is 5. The predicted octanol–water partition coefficient (Wildman–Crippen LogP) is 4.11. The first kappa shape index (κ1) is 23.1. The molecule has 1 aliphatic rings. The van der Waals surface area contributed by atoms with Crippen LogP contribution in [0.5, 0.6) is 11.5 Å². The van der Waals surface area contributed by atoms with Gasteiger partial charge in [-0.3, -0.25) is 19.3 Å². The second kappa shape index (κ2) is 10.3. The summed E-state index contributed by atoms with van der Waals surface area (Å²) in [6.45, 7) is -0.320. The molecule has 1 heterocycles. The van der Waals surface area contributed by atoms with Crippen LogP contribution < -0.4 is 25.0 Å². The third-order valence-electron chi connectivity index (χ3n) is 5.23.